The fourth-order valence-electron chi connectivity index (χ4n) is 4.20. The van der Waals surface area contributed by atoms with Crippen LogP contribution in [0.1, 0.15) is 58.9 Å². The number of benzene rings is 1. The van der Waals surface area contributed by atoms with Gasteiger partial charge in [-0.1, -0.05) is 6.07 Å². The second-order valence-electron chi connectivity index (χ2n) is 7.40. The molecular formula is C20H26N4O. The smallest absolute Gasteiger partial charge is 0.253 e. The third kappa shape index (κ3) is 3.47. The van der Waals surface area contributed by atoms with Crippen molar-refractivity contribution >= 4 is 5.91 Å². The number of carbonyl (C=O) groups is 1. The summed E-state index contributed by atoms with van der Waals surface area (Å²) in [5, 5.41) is 0. The van der Waals surface area contributed by atoms with E-state index in [9.17, 15) is 4.79 Å². The highest BCUT2D eigenvalue weighted by molar-refractivity contribution is 5.94. The van der Waals surface area contributed by atoms with Crippen molar-refractivity contribution in [2.45, 2.75) is 50.5 Å². The molecule has 1 aliphatic heterocycles. The van der Waals surface area contributed by atoms with E-state index in [4.69, 9.17) is 5.73 Å². The van der Waals surface area contributed by atoms with E-state index in [1.807, 2.05) is 17.2 Å². The number of carbonyl (C=O) groups excluding carboxylic acids is 1. The molecule has 0 saturated carbocycles. The summed E-state index contributed by atoms with van der Waals surface area (Å²) in [6.45, 7) is 1.57. The summed E-state index contributed by atoms with van der Waals surface area (Å²) in [7, 11) is 0. The molecule has 0 radical (unpaired) electrons. The fraction of sp³-hybridized carbons (Fsp3) is 0.500. The van der Waals surface area contributed by atoms with Crippen molar-refractivity contribution in [2.24, 2.45) is 5.73 Å². The summed E-state index contributed by atoms with van der Waals surface area (Å²) >= 11 is 0. The summed E-state index contributed by atoms with van der Waals surface area (Å²) in [4.78, 5) is 22.6. The second-order valence-corrected chi connectivity index (χ2v) is 7.40. The van der Waals surface area contributed by atoms with E-state index < -0.39 is 0 Å². The van der Waals surface area contributed by atoms with Crippen molar-refractivity contribution in [3.63, 3.8) is 0 Å². The molecule has 2 heterocycles. The van der Waals surface area contributed by atoms with Gasteiger partial charge in [0.05, 0.1) is 0 Å². The van der Waals surface area contributed by atoms with Crippen LogP contribution in [0.2, 0.25) is 0 Å². The molecule has 25 heavy (non-hydrogen) atoms. The molecule has 1 fully saturated rings. The van der Waals surface area contributed by atoms with Crippen molar-refractivity contribution in [3.8, 4) is 0 Å². The number of likely N-dealkylation sites (tertiary alicyclic amines) is 1. The third-order valence-corrected chi connectivity index (χ3v) is 5.57. The van der Waals surface area contributed by atoms with Gasteiger partial charge < -0.3 is 15.6 Å². The Morgan fingerprint density at radius 2 is 2.16 bits per heavy atom. The maximum Gasteiger partial charge on any atom is 0.253 e. The highest BCUT2D eigenvalue weighted by atomic mass is 16.2. The predicted molar refractivity (Wildman–Crippen MR) is 97.5 cm³/mol. The van der Waals surface area contributed by atoms with Crippen molar-refractivity contribution in [1.29, 1.82) is 0 Å². The molecule has 5 nitrogen and oxygen atoms in total. The molecule has 1 aromatic carbocycles. The van der Waals surface area contributed by atoms with E-state index in [1.54, 1.807) is 6.20 Å². The summed E-state index contributed by atoms with van der Waals surface area (Å²) in [5.41, 5.74) is 9.60. The van der Waals surface area contributed by atoms with Crippen molar-refractivity contribution in [3.05, 3.63) is 53.1 Å². The molecule has 132 valence electrons. The Bertz CT molecular complexity index is 740. The molecule has 1 saturated heterocycles. The number of hydrogen-bond donors (Lipinski definition) is 2. The van der Waals surface area contributed by atoms with E-state index in [1.165, 1.54) is 11.1 Å². The van der Waals surface area contributed by atoms with Crippen LogP contribution < -0.4 is 5.73 Å². The largest absolute Gasteiger partial charge is 0.348 e. The van der Waals surface area contributed by atoms with Crippen LogP contribution in [0.15, 0.2) is 30.6 Å². The van der Waals surface area contributed by atoms with Crippen LogP contribution in [0.5, 0.6) is 0 Å². The van der Waals surface area contributed by atoms with Gasteiger partial charge in [0.2, 0.25) is 0 Å². The lowest BCUT2D eigenvalue weighted by molar-refractivity contribution is 0.0704. The van der Waals surface area contributed by atoms with Crippen LogP contribution in [0.25, 0.3) is 0 Å². The number of aryl methyl sites for hydroxylation is 1. The number of aromatic amines is 1. The fourth-order valence-corrected chi connectivity index (χ4v) is 4.20. The van der Waals surface area contributed by atoms with E-state index in [-0.39, 0.29) is 11.9 Å². The van der Waals surface area contributed by atoms with Gasteiger partial charge in [-0.25, -0.2) is 4.98 Å². The molecule has 2 atom stereocenters. The Balaban J connectivity index is 1.52. The monoisotopic (exact) mass is 338 g/mol. The Morgan fingerprint density at radius 1 is 1.24 bits per heavy atom. The maximum absolute atomic E-state index is 13.0. The Hall–Kier alpha value is -2.14. The highest BCUT2D eigenvalue weighted by Crippen LogP contribution is 2.27. The van der Waals surface area contributed by atoms with E-state index >= 15 is 0 Å². The number of imidazole rings is 1. The summed E-state index contributed by atoms with van der Waals surface area (Å²) in [6.07, 6.45) is 9.89. The number of hydrogen-bond acceptors (Lipinski definition) is 3. The second kappa shape index (κ2) is 7.00. The maximum atomic E-state index is 13.0. The highest BCUT2D eigenvalue weighted by Gasteiger charge is 2.27. The molecule has 2 aliphatic rings. The number of H-pyrrole nitrogens is 1. The first-order valence-electron chi connectivity index (χ1n) is 9.36. The van der Waals surface area contributed by atoms with Gasteiger partial charge in [0, 0.05) is 43.0 Å². The Morgan fingerprint density at radius 3 is 3.00 bits per heavy atom. The van der Waals surface area contributed by atoms with Gasteiger partial charge in [-0.15, -0.1) is 0 Å². The van der Waals surface area contributed by atoms with E-state index in [2.05, 4.69) is 22.1 Å². The summed E-state index contributed by atoms with van der Waals surface area (Å²) < 4.78 is 0. The number of fused-ring (bicyclic) bond motifs is 1. The first-order chi connectivity index (χ1) is 12.2. The van der Waals surface area contributed by atoms with Crippen LogP contribution in [0.3, 0.4) is 0 Å². The van der Waals surface area contributed by atoms with E-state index in [0.29, 0.717) is 5.92 Å². The molecular weight excluding hydrogens is 312 g/mol. The van der Waals surface area contributed by atoms with Crippen LogP contribution in [-0.2, 0) is 12.8 Å². The Labute approximate surface area is 148 Å². The Kier molecular flexibility index (Phi) is 4.57. The zero-order chi connectivity index (χ0) is 17.2. The quantitative estimate of drug-likeness (QED) is 0.827. The standard InChI is InChI=1S/C20H26N4O/c21-18-5-1-3-14-6-7-15(11-17(14)12-18)20(25)24-10-2-4-16(13-24)19-22-8-9-23-19/h6-9,11,16,18H,1-5,10,12-13,21H2,(H,22,23). The number of piperidine rings is 1. The van der Waals surface area contributed by atoms with Crippen LogP contribution >= 0.6 is 0 Å². The van der Waals surface area contributed by atoms with Gasteiger partial charge in [0.25, 0.3) is 5.91 Å². The number of nitrogens with two attached hydrogens (primary N) is 1. The first kappa shape index (κ1) is 16.3. The molecule has 0 spiro atoms. The predicted octanol–water partition coefficient (Wildman–Crippen LogP) is 2.64. The number of aromatic nitrogens is 2. The average Bonchev–Trinajstić information content (AvgIpc) is 3.10. The van der Waals surface area contributed by atoms with Crippen molar-refractivity contribution in [2.75, 3.05) is 13.1 Å². The van der Waals surface area contributed by atoms with Gasteiger partial charge in [0.15, 0.2) is 0 Å². The molecule has 1 amide bonds. The third-order valence-electron chi connectivity index (χ3n) is 5.57. The van der Waals surface area contributed by atoms with Crippen molar-refractivity contribution < 1.29 is 4.79 Å². The molecule has 3 N–H and O–H groups in total. The number of rotatable bonds is 2. The minimum Gasteiger partial charge on any atom is -0.348 e. The topological polar surface area (TPSA) is 75.0 Å². The number of amides is 1. The van der Waals surface area contributed by atoms with Gasteiger partial charge in [-0.05, 0) is 61.8 Å². The lowest BCUT2D eigenvalue weighted by atomic mass is 9.95. The van der Waals surface area contributed by atoms with Crippen LogP contribution in [0, 0.1) is 0 Å². The SMILES string of the molecule is NC1CCCc2ccc(C(=O)N3CCCC(c4ncc[nH]4)C3)cc2C1. The molecule has 4 rings (SSSR count). The lowest BCUT2D eigenvalue weighted by Crippen LogP contribution is -2.39. The van der Waals surface area contributed by atoms with Gasteiger partial charge >= 0.3 is 0 Å². The molecule has 1 aliphatic carbocycles. The first-order valence-corrected chi connectivity index (χ1v) is 9.36. The molecule has 2 aromatic rings. The molecule has 1 aromatic heterocycles. The van der Waals surface area contributed by atoms with Crippen LogP contribution in [0.4, 0.5) is 0 Å². The lowest BCUT2D eigenvalue weighted by Gasteiger charge is -2.32. The van der Waals surface area contributed by atoms with E-state index in [0.717, 1.165) is 63.0 Å². The van der Waals surface area contributed by atoms with Crippen molar-refractivity contribution in [1.82, 2.24) is 14.9 Å². The summed E-state index contributed by atoms with van der Waals surface area (Å²) in [6, 6.07) is 6.42. The van der Waals surface area contributed by atoms with Gasteiger partial charge in [-0.2, -0.15) is 0 Å². The molecule has 5 heteroatoms. The normalized spacial score (nSPS) is 23.8. The number of nitrogens with zero attached hydrogens (tertiary/aromatic N) is 2. The van der Waals surface area contributed by atoms with Crippen LogP contribution in [-0.4, -0.2) is 39.9 Å². The zero-order valence-corrected chi connectivity index (χ0v) is 14.6. The summed E-state index contributed by atoms with van der Waals surface area (Å²) in [5.74, 6) is 1.43. The minimum absolute atomic E-state index is 0.136. The molecule has 2 unspecified atom stereocenters. The zero-order valence-electron chi connectivity index (χ0n) is 14.6. The minimum atomic E-state index is 0.136. The average molecular weight is 338 g/mol. The van der Waals surface area contributed by atoms with Gasteiger partial charge in [-0.3, -0.25) is 4.79 Å². The number of nitrogens with one attached hydrogen (secondary N) is 1. The van der Waals surface area contributed by atoms with Gasteiger partial charge in [0.1, 0.15) is 5.82 Å². The molecule has 0 bridgehead atoms.